The van der Waals surface area contributed by atoms with Crippen LogP contribution < -0.4 is 20.8 Å². The summed E-state index contributed by atoms with van der Waals surface area (Å²) in [6.07, 6.45) is -0.0690. The van der Waals surface area contributed by atoms with E-state index in [0.717, 1.165) is 11.2 Å². The number of aromatic hydroxyl groups is 1. The molecule has 2 amide bonds. The quantitative estimate of drug-likeness (QED) is 0.420. The van der Waals surface area contributed by atoms with Gasteiger partial charge in [0, 0.05) is 43.2 Å². The Labute approximate surface area is 194 Å². The predicted molar refractivity (Wildman–Crippen MR) is 124 cm³/mol. The number of primary amides is 1. The highest BCUT2D eigenvalue weighted by atomic mass is 32.2. The summed E-state index contributed by atoms with van der Waals surface area (Å²) in [5, 5.41) is 10.6. The summed E-state index contributed by atoms with van der Waals surface area (Å²) in [7, 11) is -0.596. The van der Waals surface area contributed by atoms with E-state index in [1.807, 2.05) is 0 Å². The zero-order chi connectivity index (χ0) is 25.2. The Morgan fingerprint density at radius 3 is 2.50 bits per heavy atom. The van der Waals surface area contributed by atoms with Crippen LogP contribution in [0.25, 0.3) is 11.0 Å². The molecule has 0 aliphatic carbocycles. The van der Waals surface area contributed by atoms with Crippen molar-refractivity contribution in [2.45, 2.75) is 12.8 Å². The van der Waals surface area contributed by atoms with Crippen LogP contribution in [0.2, 0.25) is 0 Å². The minimum Gasteiger partial charge on any atom is -0.504 e. The van der Waals surface area contributed by atoms with Gasteiger partial charge < -0.3 is 24.9 Å². The highest BCUT2D eigenvalue weighted by Gasteiger charge is 2.21. The average molecular weight is 490 g/mol. The molecule has 12 heteroatoms. The summed E-state index contributed by atoms with van der Waals surface area (Å²) >= 11 is 0. The molecule has 0 atom stereocenters. The fraction of sp³-hybridized carbons (Fsp3) is 0.227. The first-order chi connectivity index (χ1) is 15.8. The minimum absolute atomic E-state index is 0.00169. The molecule has 0 unspecified atom stereocenters. The molecule has 0 radical (unpaired) electrons. The number of sulfonamides is 1. The van der Waals surface area contributed by atoms with Crippen LogP contribution >= 0.6 is 0 Å². The Hall–Kier alpha value is -4.06. The summed E-state index contributed by atoms with van der Waals surface area (Å²) in [6, 6.07) is 8.77. The largest absolute Gasteiger partial charge is 0.504 e. The second-order valence-corrected chi connectivity index (χ2v) is 9.57. The van der Waals surface area contributed by atoms with E-state index in [1.165, 1.54) is 26.2 Å². The number of anilines is 1. The lowest BCUT2D eigenvalue weighted by atomic mass is 9.96. The number of phenolic OH excluding ortho intramolecular Hbond substituents is 1. The Kier molecular flexibility index (Phi) is 6.82. The van der Waals surface area contributed by atoms with Crippen LogP contribution in [0.4, 0.5) is 10.5 Å². The third-order valence-electron chi connectivity index (χ3n) is 4.72. The van der Waals surface area contributed by atoms with Crippen molar-refractivity contribution < 1.29 is 32.3 Å². The summed E-state index contributed by atoms with van der Waals surface area (Å²) in [5.41, 5.74) is 5.83. The van der Waals surface area contributed by atoms with E-state index >= 15 is 0 Å². The van der Waals surface area contributed by atoms with E-state index in [0.29, 0.717) is 11.3 Å². The van der Waals surface area contributed by atoms with Crippen LogP contribution in [-0.2, 0) is 27.7 Å². The van der Waals surface area contributed by atoms with Crippen molar-refractivity contribution in [3.63, 3.8) is 0 Å². The van der Waals surface area contributed by atoms with Crippen molar-refractivity contribution in [3.8, 4) is 11.5 Å². The van der Waals surface area contributed by atoms with Crippen LogP contribution in [0, 0.1) is 0 Å². The second kappa shape index (κ2) is 9.43. The van der Waals surface area contributed by atoms with Gasteiger partial charge in [-0.2, -0.15) is 0 Å². The van der Waals surface area contributed by atoms with Crippen molar-refractivity contribution in [3.05, 3.63) is 63.5 Å². The molecule has 0 bridgehead atoms. The maximum Gasteiger partial charge on any atom is 0.414 e. The topological polar surface area (TPSA) is 169 Å². The number of rotatable bonds is 7. The third-order valence-corrected chi connectivity index (χ3v) is 5.33. The van der Waals surface area contributed by atoms with Gasteiger partial charge in [-0.15, -0.1) is 0 Å². The minimum atomic E-state index is -3.51. The molecular formula is C22H23N3O8S. The maximum atomic E-state index is 12.9. The molecule has 34 heavy (non-hydrogen) atoms. The number of hydrogen-bond acceptors (Lipinski definition) is 8. The first-order valence-electron chi connectivity index (χ1n) is 9.90. The lowest BCUT2D eigenvalue weighted by Crippen LogP contribution is -2.25. The lowest BCUT2D eigenvalue weighted by Gasteiger charge is -2.14. The smallest absolute Gasteiger partial charge is 0.414 e. The number of nitrogens with zero attached hydrogens (tertiary/aromatic N) is 1. The van der Waals surface area contributed by atoms with Gasteiger partial charge in [-0.25, -0.2) is 18.0 Å². The third kappa shape index (κ3) is 5.84. The van der Waals surface area contributed by atoms with Crippen LogP contribution in [0.5, 0.6) is 11.5 Å². The van der Waals surface area contributed by atoms with E-state index in [1.54, 1.807) is 24.3 Å². The summed E-state index contributed by atoms with van der Waals surface area (Å²) in [5.74, 6) is -1.36. The van der Waals surface area contributed by atoms with Gasteiger partial charge in [0.05, 0.1) is 12.7 Å². The molecule has 11 nitrogen and oxygen atoms in total. The number of hydrogen-bond donors (Lipinski definition) is 3. The molecule has 0 aliphatic rings. The molecule has 4 N–H and O–H groups in total. The lowest BCUT2D eigenvalue weighted by molar-refractivity contribution is -0.117. The molecule has 2 aromatic carbocycles. The zero-order valence-corrected chi connectivity index (χ0v) is 19.4. The highest BCUT2D eigenvalue weighted by molar-refractivity contribution is 7.92. The number of ether oxygens (including phenoxy) is 1. The van der Waals surface area contributed by atoms with E-state index < -0.39 is 33.4 Å². The highest BCUT2D eigenvalue weighted by Crippen LogP contribution is 2.34. The van der Waals surface area contributed by atoms with Gasteiger partial charge in [0.1, 0.15) is 5.58 Å². The Morgan fingerprint density at radius 1 is 1.18 bits per heavy atom. The van der Waals surface area contributed by atoms with Gasteiger partial charge in [0.15, 0.2) is 11.5 Å². The first kappa shape index (κ1) is 24.6. The van der Waals surface area contributed by atoms with Gasteiger partial charge in [0.25, 0.3) is 0 Å². The molecule has 0 spiro atoms. The molecule has 1 aromatic heterocycles. The van der Waals surface area contributed by atoms with E-state index in [-0.39, 0.29) is 40.7 Å². The number of carbonyl (C=O) groups is 2. The van der Waals surface area contributed by atoms with Crippen molar-refractivity contribution in [1.82, 2.24) is 4.90 Å². The average Bonchev–Trinajstić information content (AvgIpc) is 2.70. The Balaban J connectivity index is 2.12. The standard InChI is InChI=1S/C22H23N3O8S/c1-25(2)22(29)33-19-11-18-15(9-17(19)26)14(10-20(23)27)16(21(28)32-18)8-12-5-4-6-13(7-12)24-34(3,30)31/h4-7,9,11,24,26H,8,10H2,1-3H3,(H2,23,27). The van der Waals surface area contributed by atoms with Gasteiger partial charge in [-0.3, -0.25) is 9.52 Å². The molecular weight excluding hydrogens is 466 g/mol. The molecule has 0 aliphatic heterocycles. The second-order valence-electron chi connectivity index (χ2n) is 7.82. The Bertz CT molecular complexity index is 1440. The van der Waals surface area contributed by atoms with Crippen LogP contribution in [0.1, 0.15) is 16.7 Å². The number of amides is 2. The van der Waals surface area contributed by atoms with Crippen molar-refractivity contribution >= 4 is 38.7 Å². The molecule has 0 saturated carbocycles. The molecule has 3 aromatic rings. The van der Waals surface area contributed by atoms with Crippen LogP contribution in [0.3, 0.4) is 0 Å². The van der Waals surface area contributed by atoms with Gasteiger partial charge in [-0.05, 0) is 29.3 Å². The number of phenols is 1. The van der Waals surface area contributed by atoms with Gasteiger partial charge in [0.2, 0.25) is 15.9 Å². The molecule has 0 fully saturated rings. The fourth-order valence-electron chi connectivity index (χ4n) is 3.30. The van der Waals surface area contributed by atoms with Crippen LogP contribution in [0.15, 0.2) is 45.6 Å². The maximum absolute atomic E-state index is 12.9. The molecule has 0 saturated heterocycles. The van der Waals surface area contributed by atoms with E-state index in [9.17, 15) is 27.9 Å². The van der Waals surface area contributed by atoms with Crippen LogP contribution in [-0.4, -0.2) is 50.8 Å². The molecule has 3 rings (SSSR count). The molecule has 1 heterocycles. The number of carbonyl (C=O) groups excluding carboxylic acids is 2. The van der Waals surface area contributed by atoms with E-state index in [4.69, 9.17) is 14.9 Å². The fourth-order valence-corrected chi connectivity index (χ4v) is 3.86. The Morgan fingerprint density at radius 2 is 1.88 bits per heavy atom. The monoisotopic (exact) mass is 489 g/mol. The zero-order valence-electron chi connectivity index (χ0n) is 18.6. The predicted octanol–water partition coefficient (Wildman–Crippen LogP) is 1.55. The van der Waals surface area contributed by atoms with E-state index in [2.05, 4.69) is 4.72 Å². The first-order valence-corrected chi connectivity index (χ1v) is 11.8. The van der Waals surface area contributed by atoms with Crippen molar-refractivity contribution in [2.75, 3.05) is 25.1 Å². The SMILES string of the molecule is CN(C)C(=O)Oc1cc2oc(=O)c(Cc3cccc(NS(C)(=O)=O)c3)c(CC(N)=O)c2cc1O. The molecule has 180 valence electrons. The number of nitrogens with one attached hydrogen (secondary N) is 1. The summed E-state index contributed by atoms with van der Waals surface area (Å²) < 4.78 is 35.9. The summed E-state index contributed by atoms with van der Waals surface area (Å²) in [6.45, 7) is 0. The normalized spacial score (nSPS) is 11.3. The number of fused-ring (bicyclic) bond motifs is 1. The number of benzene rings is 2. The van der Waals surface area contributed by atoms with Crippen molar-refractivity contribution in [2.24, 2.45) is 5.73 Å². The van der Waals surface area contributed by atoms with Gasteiger partial charge >= 0.3 is 11.7 Å². The summed E-state index contributed by atoms with van der Waals surface area (Å²) in [4.78, 5) is 37.7. The number of nitrogens with two attached hydrogens (primary N) is 1. The van der Waals surface area contributed by atoms with Gasteiger partial charge in [-0.1, -0.05) is 12.1 Å². The van der Waals surface area contributed by atoms with Crippen molar-refractivity contribution in [1.29, 1.82) is 0 Å².